The molecule has 0 aliphatic rings. The molecule has 0 radical (unpaired) electrons. The van der Waals surface area contributed by atoms with E-state index >= 15 is 0 Å². The molecule has 2 aromatic rings. The number of ether oxygens (including phenoxy) is 1. The van der Waals surface area contributed by atoms with Gasteiger partial charge in [-0.05, 0) is 29.8 Å². The maximum Gasteiger partial charge on any atom is 0.123 e. The predicted octanol–water partition coefficient (Wildman–Crippen LogP) is 2.21. The summed E-state index contributed by atoms with van der Waals surface area (Å²) < 4.78 is 5.35. The fraction of sp³-hybridized carbons (Fsp3) is 0.143. The van der Waals surface area contributed by atoms with E-state index in [4.69, 9.17) is 4.74 Å². The monoisotopic (exact) mass is 246 g/mol. The second kappa shape index (κ2) is 5.42. The Kier molecular flexibility index (Phi) is 3.69. The van der Waals surface area contributed by atoms with Gasteiger partial charge in [0.15, 0.2) is 0 Å². The van der Waals surface area contributed by atoms with E-state index in [9.17, 15) is 15.3 Å². The van der Waals surface area contributed by atoms with E-state index in [0.717, 1.165) is 0 Å². The Morgan fingerprint density at radius 2 is 1.61 bits per heavy atom. The summed E-state index contributed by atoms with van der Waals surface area (Å²) in [5.41, 5.74) is 0.579. The van der Waals surface area contributed by atoms with Crippen molar-refractivity contribution in [1.82, 2.24) is 0 Å². The van der Waals surface area contributed by atoms with Gasteiger partial charge in [-0.1, -0.05) is 18.2 Å². The normalized spacial score (nSPS) is 12.1. The second-order valence-electron chi connectivity index (χ2n) is 3.92. The summed E-state index contributed by atoms with van der Waals surface area (Å²) in [6.07, 6.45) is -0.834. The number of benzene rings is 2. The quantitative estimate of drug-likeness (QED) is 0.773. The van der Waals surface area contributed by atoms with E-state index in [1.807, 2.05) is 0 Å². The van der Waals surface area contributed by atoms with Gasteiger partial charge >= 0.3 is 0 Å². The van der Waals surface area contributed by atoms with Crippen LogP contribution in [0.4, 0.5) is 0 Å². The van der Waals surface area contributed by atoms with Crippen LogP contribution in [0.2, 0.25) is 0 Å². The van der Waals surface area contributed by atoms with Crippen molar-refractivity contribution < 1.29 is 20.1 Å². The minimum absolute atomic E-state index is 0.0485. The lowest BCUT2D eigenvalue weighted by Gasteiger charge is -2.13. The lowest BCUT2D eigenvalue weighted by Crippen LogP contribution is -2.09. The van der Waals surface area contributed by atoms with Gasteiger partial charge in [0.25, 0.3) is 0 Å². The molecule has 3 N–H and O–H groups in total. The van der Waals surface area contributed by atoms with Crippen molar-refractivity contribution in [1.29, 1.82) is 0 Å². The third-order valence-electron chi connectivity index (χ3n) is 2.48. The first-order valence-corrected chi connectivity index (χ1v) is 5.54. The summed E-state index contributed by atoms with van der Waals surface area (Å²) in [6, 6.07) is 12.7. The van der Waals surface area contributed by atoms with E-state index < -0.39 is 6.10 Å². The summed E-state index contributed by atoms with van der Waals surface area (Å²) >= 11 is 0. The van der Waals surface area contributed by atoms with Crippen molar-refractivity contribution in [3.63, 3.8) is 0 Å². The molecule has 0 aliphatic carbocycles. The molecule has 18 heavy (non-hydrogen) atoms. The Morgan fingerprint density at radius 1 is 0.944 bits per heavy atom. The number of aliphatic hydroxyl groups excluding tert-OH is 1. The van der Waals surface area contributed by atoms with Crippen LogP contribution in [0.15, 0.2) is 48.5 Å². The third-order valence-corrected chi connectivity index (χ3v) is 2.48. The molecule has 0 saturated heterocycles. The third kappa shape index (κ3) is 3.15. The van der Waals surface area contributed by atoms with Crippen molar-refractivity contribution in [2.24, 2.45) is 0 Å². The van der Waals surface area contributed by atoms with Crippen molar-refractivity contribution in [2.45, 2.75) is 6.10 Å². The molecule has 0 bridgehead atoms. The summed E-state index contributed by atoms with van der Waals surface area (Å²) in [7, 11) is 0. The number of hydrogen-bond acceptors (Lipinski definition) is 4. The standard InChI is InChI=1S/C14H14O4/c15-11-4-1-3-10(7-11)14(17)9-18-13-6-2-5-12(16)8-13/h1-8,14-17H,9H2. The van der Waals surface area contributed by atoms with Crippen LogP contribution in [0.3, 0.4) is 0 Å². The number of phenols is 2. The summed E-state index contributed by atoms with van der Waals surface area (Å²) in [5, 5.41) is 28.4. The molecular weight excluding hydrogens is 232 g/mol. The van der Waals surface area contributed by atoms with Crippen LogP contribution in [0.5, 0.6) is 17.2 Å². The van der Waals surface area contributed by atoms with Crippen LogP contribution in [-0.2, 0) is 0 Å². The molecule has 0 amide bonds. The van der Waals surface area contributed by atoms with Gasteiger partial charge in [0.05, 0.1) is 0 Å². The molecule has 4 nitrogen and oxygen atoms in total. The largest absolute Gasteiger partial charge is 0.508 e. The summed E-state index contributed by atoms with van der Waals surface area (Å²) in [5.74, 6) is 0.692. The van der Waals surface area contributed by atoms with E-state index in [0.29, 0.717) is 11.3 Å². The van der Waals surface area contributed by atoms with Crippen LogP contribution in [0, 0.1) is 0 Å². The average molecular weight is 246 g/mol. The number of aromatic hydroxyl groups is 2. The van der Waals surface area contributed by atoms with Crippen LogP contribution in [0.25, 0.3) is 0 Å². The van der Waals surface area contributed by atoms with Crippen LogP contribution >= 0.6 is 0 Å². The van der Waals surface area contributed by atoms with Gasteiger partial charge in [-0.2, -0.15) is 0 Å². The number of aliphatic hydroxyl groups is 1. The highest BCUT2D eigenvalue weighted by atomic mass is 16.5. The lowest BCUT2D eigenvalue weighted by molar-refractivity contribution is 0.108. The van der Waals surface area contributed by atoms with Crippen molar-refractivity contribution in [3.8, 4) is 17.2 Å². The van der Waals surface area contributed by atoms with Gasteiger partial charge in [-0.3, -0.25) is 0 Å². The van der Waals surface area contributed by atoms with E-state index in [-0.39, 0.29) is 18.1 Å². The Labute approximate surface area is 105 Å². The molecule has 1 atom stereocenters. The average Bonchev–Trinajstić information content (AvgIpc) is 2.36. The van der Waals surface area contributed by atoms with Crippen molar-refractivity contribution >= 4 is 0 Å². The molecule has 1 unspecified atom stereocenters. The molecule has 0 aromatic heterocycles. The maximum absolute atomic E-state index is 9.88. The smallest absolute Gasteiger partial charge is 0.123 e. The first-order chi connectivity index (χ1) is 8.65. The van der Waals surface area contributed by atoms with E-state index in [2.05, 4.69) is 0 Å². The molecule has 0 spiro atoms. The van der Waals surface area contributed by atoms with Crippen molar-refractivity contribution in [2.75, 3.05) is 6.61 Å². The Bertz CT molecular complexity index is 525. The Balaban J connectivity index is 1.98. The molecular formula is C14H14O4. The van der Waals surface area contributed by atoms with Gasteiger partial charge in [-0.25, -0.2) is 0 Å². The van der Waals surface area contributed by atoms with Gasteiger partial charge in [-0.15, -0.1) is 0 Å². The predicted molar refractivity (Wildman–Crippen MR) is 66.7 cm³/mol. The highest BCUT2D eigenvalue weighted by molar-refractivity contribution is 5.32. The minimum atomic E-state index is -0.834. The Morgan fingerprint density at radius 3 is 2.28 bits per heavy atom. The molecule has 2 rings (SSSR count). The van der Waals surface area contributed by atoms with Crippen LogP contribution in [0.1, 0.15) is 11.7 Å². The fourth-order valence-corrected chi connectivity index (χ4v) is 1.58. The Hall–Kier alpha value is -2.20. The number of hydrogen-bond donors (Lipinski definition) is 3. The highest BCUT2D eigenvalue weighted by Crippen LogP contribution is 2.21. The van der Waals surface area contributed by atoms with Gasteiger partial charge < -0.3 is 20.1 Å². The molecule has 4 heteroatoms. The lowest BCUT2D eigenvalue weighted by atomic mass is 10.1. The molecule has 0 fully saturated rings. The molecule has 0 saturated carbocycles. The molecule has 2 aromatic carbocycles. The zero-order valence-electron chi connectivity index (χ0n) is 9.65. The van der Waals surface area contributed by atoms with E-state index in [1.165, 1.54) is 18.2 Å². The first-order valence-electron chi connectivity index (χ1n) is 5.54. The number of phenolic OH excluding ortho intramolecular Hbond substituents is 2. The second-order valence-corrected chi connectivity index (χ2v) is 3.92. The molecule has 0 heterocycles. The minimum Gasteiger partial charge on any atom is -0.508 e. The molecule has 0 aliphatic heterocycles. The molecule has 94 valence electrons. The summed E-state index contributed by atoms with van der Waals surface area (Å²) in [4.78, 5) is 0. The van der Waals surface area contributed by atoms with Crippen molar-refractivity contribution in [3.05, 3.63) is 54.1 Å². The van der Waals surface area contributed by atoms with E-state index in [1.54, 1.807) is 30.3 Å². The van der Waals surface area contributed by atoms with Crippen LogP contribution < -0.4 is 4.74 Å². The van der Waals surface area contributed by atoms with Crippen LogP contribution in [-0.4, -0.2) is 21.9 Å². The highest BCUT2D eigenvalue weighted by Gasteiger charge is 2.09. The van der Waals surface area contributed by atoms with Gasteiger partial charge in [0.2, 0.25) is 0 Å². The summed E-state index contributed by atoms with van der Waals surface area (Å²) in [6.45, 7) is 0.0485. The topological polar surface area (TPSA) is 69.9 Å². The zero-order valence-corrected chi connectivity index (χ0v) is 9.65. The van der Waals surface area contributed by atoms with Gasteiger partial charge in [0.1, 0.15) is 30.0 Å². The first kappa shape index (κ1) is 12.3. The maximum atomic E-state index is 9.88. The fourth-order valence-electron chi connectivity index (χ4n) is 1.58. The van der Waals surface area contributed by atoms with Gasteiger partial charge in [0, 0.05) is 6.07 Å². The SMILES string of the molecule is Oc1cccc(OCC(O)c2cccc(O)c2)c1. The zero-order chi connectivity index (χ0) is 13.0. The number of rotatable bonds is 4.